The molecule has 0 saturated heterocycles. The van der Waals surface area contributed by atoms with Gasteiger partial charge in [0.05, 0.1) is 0 Å². The maximum absolute atomic E-state index is 10.9. The molecule has 1 amide bonds. The van der Waals surface area contributed by atoms with Crippen molar-refractivity contribution in [3.05, 3.63) is 24.3 Å². The van der Waals surface area contributed by atoms with Crippen molar-refractivity contribution in [3.63, 3.8) is 0 Å². The smallest absolute Gasteiger partial charge is 0.221 e. The Labute approximate surface area is 107 Å². The third-order valence-corrected chi connectivity index (χ3v) is 3.53. The number of carbonyl (C=O) groups is 1. The lowest BCUT2D eigenvalue weighted by Gasteiger charge is -2.09. The van der Waals surface area contributed by atoms with E-state index in [2.05, 4.69) is 17.6 Å². The fourth-order valence-electron chi connectivity index (χ4n) is 1.34. The SMILES string of the molecule is CNC(C)CCSc1ccc(NC(C)=O)cc1. The maximum atomic E-state index is 10.9. The molecule has 0 aliphatic rings. The third-order valence-electron chi connectivity index (χ3n) is 2.49. The van der Waals surface area contributed by atoms with Crippen LogP contribution in [0, 0.1) is 0 Å². The van der Waals surface area contributed by atoms with Gasteiger partial charge in [-0.2, -0.15) is 0 Å². The van der Waals surface area contributed by atoms with Crippen molar-refractivity contribution in [1.29, 1.82) is 0 Å². The number of benzene rings is 1. The summed E-state index contributed by atoms with van der Waals surface area (Å²) >= 11 is 1.84. The van der Waals surface area contributed by atoms with Crippen LogP contribution in [-0.4, -0.2) is 24.7 Å². The molecule has 0 aliphatic heterocycles. The van der Waals surface area contributed by atoms with Crippen LogP contribution >= 0.6 is 11.8 Å². The van der Waals surface area contributed by atoms with Crippen LogP contribution in [-0.2, 0) is 4.79 Å². The molecule has 1 rings (SSSR count). The van der Waals surface area contributed by atoms with Gasteiger partial charge in [0, 0.05) is 23.5 Å². The largest absolute Gasteiger partial charge is 0.326 e. The van der Waals surface area contributed by atoms with Crippen LogP contribution in [0.15, 0.2) is 29.2 Å². The molecule has 0 radical (unpaired) electrons. The van der Waals surface area contributed by atoms with E-state index in [9.17, 15) is 4.79 Å². The second kappa shape index (κ2) is 7.35. The molecule has 0 heterocycles. The fourth-order valence-corrected chi connectivity index (χ4v) is 2.37. The second-order valence-corrected chi connectivity index (χ2v) is 5.20. The van der Waals surface area contributed by atoms with Crippen LogP contribution in [0.25, 0.3) is 0 Å². The van der Waals surface area contributed by atoms with Crippen molar-refractivity contribution in [2.45, 2.75) is 31.2 Å². The highest BCUT2D eigenvalue weighted by atomic mass is 32.2. The van der Waals surface area contributed by atoms with E-state index in [-0.39, 0.29) is 5.91 Å². The minimum atomic E-state index is -0.0340. The van der Waals surface area contributed by atoms with E-state index in [4.69, 9.17) is 0 Å². The summed E-state index contributed by atoms with van der Waals surface area (Å²) < 4.78 is 0. The quantitative estimate of drug-likeness (QED) is 0.765. The van der Waals surface area contributed by atoms with Gasteiger partial charge < -0.3 is 10.6 Å². The summed E-state index contributed by atoms with van der Waals surface area (Å²) in [7, 11) is 1.98. The summed E-state index contributed by atoms with van der Waals surface area (Å²) in [6, 6.07) is 8.51. The number of rotatable bonds is 6. The zero-order valence-corrected chi connectivity index (χ0v) is 11.4. The van der Waals surface area contributed by atoms with Gasteiger partial charge in [0.25, 0.3) is 0 Å². The molecule has 0 fully saturated rings. The highest BCUT2D eigenvalue weighted by Gasteiger charge is 2.00. The molecule has 0 aliphatic carbocycles. The fraction of sp³-hybridized carbons (Fsp3) is 0.462. The van der Waals surface area contributed by atoms with Crippen molar-refractivity contribution < 1.29 is 4.79 Å². The van der Waals surface area contributed by atoms with Gasteiger partial charge in [-0.1, -0.05) is 0 Å². The predicted molar refractivity (Wildman–Crippen MR) is 74.6 cm³/mol. The Morgan fingerprint density at radius 1 is 1.35 bits per heavy atom. The van der Waals surface area contributed by atoms with Gasteiger partial charge in [-0.05, 0) is 50.4 Å². The summed E-state index contributed by atoms with van der Waals surface area (Å²) in [4.78, 5) is 12.1. The van der Waals surface area contributed by atoms with Gasteiger partial charge >= 0.3 is 0 Å². The van der Waals surface area contributed by atoms with Crippen LogP contribution in [0.3, 0.4) is 0 Å². The van der Waals surface area contributed by atoms with E-state index in [1.165, 1.54) is 11.8 Å². The Morgan fingerprint density at radius 3 is 2.53 bits per heavy atom. The molecule has 3 nitrogen and oxygen atoms in total. The Kier molecular flexibility index (Phi) is 6.08. The van der Waals surface area contributed by atoms with Crippen LogP contribution in [0.4, 0.5) is 5.69 Å². The molecule has 0 saturated carbocycles. The zero-order valence-electron chi connectivity index (χ0n) is 10.6. The summed E-state index contributed by atoms with van der Waals surface area (Å²) in [6.07, 6.45) is 1.15. The maximum Gasteiger partial charge on any atom is 0.221 e. The van der Waals surface area contributed by atoms with Gasteiger partial charge in [0.2, 0.25) is 5.91 Å². The molecule has 1 aromatic carbocycles. The molecule has 1 unspecified atom stereocenters. The summed E-state index contributed by atoms with van der Waals surface area (Å²) in [5.41, 5.74) is 0.852. The van der Waals surface area contributed by atoms with E-state index < -0.39 is 0 Å². The third kappa shape index (κ3) is 5.75. The van der Waals surface area contributed by atoms with Gasteiger partial charge in [-0.3, -0.25) is 4.79 Å². The van der Waals surface area contributed by atoms with Gasteiger partial charge in [0.1, 0.15) is 0 Å². The Bertz CT molecular complexity index is 351. The van der Waals surface area contributed by atoms with Crippen molar-refractivity contribution in [1.82, 2.24) is 5.32 Å². The molecule has 1 aromatic rings. The second-order valence-electron chi connectivity index (χ2n) is 4.03. The molecule has 94 valence electrons. The highest BCUT2D eigenvalue weighted by molar-refractivity contribution is 7.99. The number of anilines is 1. The molecule has 0 spiro atoms. The van der Waals surface area contributed by atoms with Gasteiger partial charge in [0.15, 0.2) is 0 Å². The van der Waals surface area contributed by atoms with Crippen molar-refractivity contribution >= 4 is 23.4 Å². The van der Waals surface area contributed by atoms with Crippen molar-refractivity contribution in [2.75, 3.05) is 18.1 Å². The average molecular weight is 252 g/mol. The van der Waals surface area contributed by atoms with E-state index >= 15 is 0 Å². The van der Waals surface area contributed by atoms with E-state index in [1.807, 2.05) is 43.1 Å². The van der Waals surface area contributed by atoms with Crippen LogP contribution in [0.5, 0.6) is 0 Å². The Balaban J connectivity index is 2.37. The van der Waals surface area contributed by atoms with Crippen LogP contribution in [0.1, 0.15) is 20.3 Å². The number of carbonyl (C=O) groups excluding carboxylic acids is 1. The minimum absolute atomic E-state index is 0.0340. The number of hydrogen-bond donors (Lipinski definition) is 2. The molecule has 17 heavy (non-hydrogen) atoms. The lowest BCUT2D eigenvalue weighted by molar-refractivity contribution is -0.114. The standard InChI is InChI=1S/C13H20N2OS/c1-10(14-3)8-9-17-13-6-4-12(5-7-13)15-11(2)16/h4-7,10,14H,8-9H2,1-3H3,(H,15,16). The number of hydrogen-bond acceptors (Lipinski definition) is 3. The molecule has 1 atom stereocenters. The highest BCUT2D eigenvalue weighted by Crippen LogP contribution is 2.21. The van der Waals surface area contributed by atoms with Crippen LogP contribution < -0.4 is 10.6 Å². The number of amides is 1. The normalized spacial score (nSPS) is 12.2. The topological polar surface area (TPSA) is 41.1 Å². The van der Waals surface area contributed by atoms with Crippen LogP contribution in [0.2, 0.25) is 0 Å². The van der Waals surface area contributed by atoms with Crippen molar-refractivity contribution in [3.8, 4) is 0 Å². The summed E-state index contributed by atoms with van der Waals surface area (Å²) in [5, 5.41) is 5.98. The van der Waals surface area contributed by atoms with E-state index in [1.54, 1.807) is 0 Å². The first-order valence-corrected chi connectivity index (χ1v) is 6.78. The monoisotopic (exact) mass is 252 g/mol. The van der Waals surface area contributed by atoms with E-state index in [0.29, 0.717) is 6.04 Å². The first kappa shape index (κ1) is 14.1. The molecule has 4 heteroatoms. The minimum Gasteiger partial charge on any atom is -0.326 e. The molecular formula is C13H20N2OS. The number of thioether (sulfide) groups is 1. The van der Waals surface area contributed by atoms with Gasteiger partial charge in [-0.15, -0.1) is 11.8 Å². The predicted octanol–water partition coefficient (Wildman–Crippen LogP) is 2.74. The molecule has 0 aromatic heterocycles. The summed E-state index contributed by atoms with van der Waals surface area (Å²) in [5.74, 6) is 1.06. The van der Waals surface area contributed by atoms with Crippen molar-refractivity contribution in [2.24, 2.45) is 0 Å². The lowest BCUT2D eigenvalue weighted by Crippen LogP contribution is -2.21. The summed E-state index contributed by atoms with van der Waals surface area (Å²) in [6.45, 7) is 3.70. The lowest BCUT2D eigenvalue weighted by atomic mass is 10.3. The molecular weight excluding hydrogens is 232 g/mol. The first-order valence-electron chi connectivity index (χ1n) is 5.79. The Morgan fingerprint density at radius 2 is 2.00 bits per heavy atom. The number of nitrogens with one attached hydrogen (secondary N) is 2. The van der Waals surface area contributed by atoms with Gasteiger partial charge in [-0.25, -0.2) is 0 Å². The Hall–Kier alpha value is -1.00. The molecule has 0 bridgehead atoms. The molecule has 2 N–H and O–H groups in total. The first-order chi connectivity index (χ1) is 8.11. The average Bonchev–Trinajstić information content (AvgIpc) is 2.30. The van der Waals surface area contributed by atoms with E-state index in [0.717, 1.165) is 17.9 Å². The zero-order chi connectivity index (χ0) is 12.7.